The van der Waals surface area contributed by atoms with Crippen molar-refractivity contribution in [3.05, 3.63) is 213 Å². The molecule has 9 rings (SSSR count). The predicted molar refractivity (Wildman–Crippen MR) is 367 cm³/mol. The molecule has 0 saturated heterocycles. The number of nitrogens with one attached hydrogen (secondary N) is 4. The van der Waals surface area contributed by atoms with E-state index in [1.54, 1.807) is 24.9 Å². The van der Waals surface area contributed by atoms with E-state index < -0.39 is 45.3 Å². The molecule has 8 bridgehead atoms. The Morgan fingerprint density at radius 3 is 0.641 bits per heavy atom. The number of hydrogen-bond donors (Lipinski definition) is 4. The van der Waals surface area contributed by atoms with Crippen molar-refractivity contribution in [3.63, 3.8) is 0 Å². The number of carbonyl (C=O) groups is 4. The number of benzene rings is 4. The van der Waals surface area contributed by atoms with E-state index >= 15 is 0 Å². The summed E-state index contributed by atoms with van der Waals surface area (Å²) >= 11 is 0. The molecule has 4 N–H and O–H groups in total. The zero-order valence-corrected chi connectivity index (χ0v) is 55.2. The van der Waals surface area contributed by atoms with Crippen molar-refractivity contribution >= 4 is 48.5 Å². The third kappa shape index (κ3) is 18.4. The summed E-state index contributed by atoms with van der Waals surface area (Å²) in [6, 6.07) is 17.1. The molecule has 0 unspecified atom stereocenters. The Balaban J connectivity index is 1.28. The third-order valence-electron chi connectivity index (χ3n) is 16.2. The van der Waals surface area contributed by atoms with Gasteiger partial charge in [-0.25, -0.2) is 21.7 Å². The van der Waals surface area contributed by atoms with Gasteiger partial charge in [0, 0.05) is 74.2 Å². The average Bonchev–Trinajstić information content (AvgIpc) is 0.850. The van der Waals surface area contributed by atoms with Crippen LogP contribution in [-0.2, 0) is 66.5 Å². The van der Waals surface area contributed by atoms with Crippen LogP contribution in [0.15, 0.2) is 166 Å². The highest BCUT2D eigenvalue weighted by Gasteiger charge is 2.31. The maximum Gasteiger partial charge on any atom is 0.277 e. The Morgan fingerprint density at radius 2 is 0.489 bits per heavy atom. The molecule has 0 heterocycles. The van der Waals surface area contributed by atoms with E-state index in [-0.39, 0.29) is 75.8 Å². The van der Waals surface area contributed by atoms with Crippen molar-refractivity contribution in [1.82, 2.24) is 21.7 Å². The molecule has 0 fully saturated rings. The molecule has 0 saturated carbocycles. The summed E-state index contributed by atoms with van der Waals surface area (Å²) in [6.07, 6.45) is 38.7. The van der Waals surface area contributed by atoms with Gasteiger partial charge in [0.05, 0.1) is 0 Å². The van der Waals surface area contributed by atoms with E-state index in [2.05, 4.69) is 174 Å². The maximum absolute atomic E-state index is 14.0. The van der Waals surface area contributed by atoms with Gasteiger partial charge in [0.1, 0.15) is 23.0 Å². The first-order valence-corrected chi connectivity index (χ1v) is 31.6. The van der Waals surface area contributed by atoms with Crippen LogP contribution in [0.5, 0.6) is 23.0 Å². The quantitative estimate of drug-likeness (QED) is 0.0435. The van der Waals surface area contributed by atoms with Crippen molar-refractivity contribution in [3.8, 4) is 23.0 Å². The molecule has 4 aromatic rings. The maximum atomic E-state index is 14.0. The molecule has 0 aliphatic heterocycles. The summed E-state index contributed by atoms with van der Waals surface area (Å²) in [4.78, 5) is 55.9. The van der Waals surface area contributed by atoms with Gasteiger partial charge in [0.2, 0.25) is 0 Å². The fourth-order valence-electron chi connectivity index (χ4n) is 11.0. The highest BCUT2D eigenvalue weighted by atomic mass is 16.5. The summed E-state index contributed by atoms with van der Waals surface area (Å²) in [5.41, 5.74) is 19.1. The smallest absolute Gasteiger partial charge is 0.277 e. The fraction of sp³-hybridized carbons (Fsp3) is 0.368. The van der Waals surface area contributed by atoms with Gasteiger partial charge in [-0.15, -0.1) is 0 Å². The number of hydrogen-bond acceptors (Lipinski definition) is 12. The molecular weight excluding hydrogens is 1150 g/mol. The number of rotatable bonds is 20. The van der Waals surface area contributed by atoms with E-state index in [1.807, 2.05) is 97.2 Å². The number of fused-ring (bicyclic) bond motifs is 8. The Bertz CT molecular complexity index is 3190. The monoisotopic (exact) mass is 1240 g/mol. The van der Waals surface area contributed by atoms with Crippen LogP contribution >= 0.6 is 0 Å². The van der Waals surface area contributed by atoms with Crippen molar-refractivity contribution < 1.29 is 38.1 Å². The minimum absolute atomic E-state index is 0.0529. The molecule has 16 nitrogen and oxygen atoms in total. The lowest BCUT2D eigenvalue weighted by Gasteiger charge is -2.29. The van der Waals surface area contributed by atoms with Crippen LogP contribution in [0.3, 0.4) is 0 Å². The Labute approximate surface area is 542 Å². The fourth-order valence-corrected chi connectivity index (χ4v) is 11.0. The van der Waals surface area contributed by atoms with Gasteiger partial charge in [0.25, 0.3) is 23.6 Å². The van der Waals surface area contributed by atoms with Crippen LogP contribution in [0, 0.1) is 23.7 Å². The Morgan fingerprint density at radius 1 is 0.326 bits per heavy atom. The summed E-state index contributed by atoms with van der Waals surface area (Å²) < 4.78 is 27.6. The highest BCUT2D eigenvalue weighted by Crippen LogP contribution is 2.45. The topological polar surface area (TPSA) is 203 Å². The van der Waals surface area contributed by atoms with E-state index in [1.165, 1.54) is 0 Å². The van der Waals surface area contributed by atoms with Gasteiger partial charge in [-0.2, -0.15) is 20.4 Å². The molecular formula is C76H88N8O8. The lowest BCUT2D eigenvalue weighted by Crippen LogP contribution is -2.27. The normalized spacial score (nSPS) is 16.0. The first kappa shape index (κ1) is 67.0. The molecule has 16 heteroatoms. The van der Waals surface area contributed by atoms with Crippen molar-refractivity contribution in [2.45, 2.75) is 130 Å². The van der Waals surface area contributed by atoms with Crippen LogP contribution in [0.25, 0.3) is 0 Å². The molecule has 480 valence electrons. The Kier molecular flexibility index (Phi) is 21.3. The highest BCUT2D eigenvalue weighted by molar-refractivity contribution is 5.82. The number of ether oxygens (including phenoxy) is 4. The van der Waals surface area contributed by atoms with Crippen molar-refractivity contribution in [1.29, 1.82) is 0 Å². The van der Waals surface area contributed by atoms with Crippen LogP contribution < -0.4 is 40.7 Å². The van der Waals surface area contributed by atoms with Crippen molar-refractivity contribution in [2.75, 3.05) is 26.4 Å². The van der Waals surface area contributed by atoms with Crippen molar-refractivity contribution in [2.24, 2.45) is 44.1 Å². The lowest BCUT2D eigenvalue weighted by atomic mass is 9.79. The first-order valence-electron chi connectivity index (χ1n) is 31.6. The minimum atomic E-state index is -0.464. The van der Waals surface area contributed by atoms with E-state index in [0.717, 1.165) is 66.8 Å². The molecule has 0 spiro atoms. The summed E-state index contributed by atoms with van der Waals surface area (Å²) in [6.45, 7) is 24.3. The zero-order valence-electron chi connectivity index (χ0n) is 55.2. The summed E-state index contributed by atoms with van der Waals surface area (Å²) in [7, 11) is 0. The van der Waals surface area contributed by atoms with Gasteiger partial charge in [-0.05, 0) is 88.4 Å². The minimum Gasteiger partial charge on any atom is -0.483 e. The van der Waals surface area contributed by atoms with Crippen LogP contribution in [-0.4, -0.2) is 74.9 Å². The number of nitrogens with zero attached hydrogens (tertiary/aromatic N) is 4. The van der Waals surface area contributed by atoms with Crippen LogP contribution in [0.4, 0.5) is 0 Å². The molecule has 5 aliphatic carbocycles. The molecule has 4 amide bonds. The Hall–Kier alpha value is -9.44. The molecule has 4 aromatic carbocycles. The van der Waals surface area contributed by atoms with Gasteiger partial charge in [-0.1, -0.05) is 229 Å². The number of hydrazone groups is 4. The standard InChI is InChI=1S/C76H88N8O8/c1-73(2,3)61-33-53-29-55-35-62(74(4,5)6)37-57(70(55)90-46-66(86)82-78-42-50-23-15-16-24-50)31-59-39-64(76(10,11)12)40-60(72(59)92-48-68(88)84-80-44-52-27-19-20-28-52)32-58-38-63(75(7,8)9)36-56(71(58)91-47-67(87)83-79-43-51-25-17-18-26-51)30-54(34-61)69(53)89-45-65(85)81-77-41-49-21-13-14-22-49/h13-28,33-44,49-52H,29-32,45-48H2,1-12H3,(H,81,85)(H,82,86)(H,83,87)(H,84,88)/b77-41-,78-42-,79-43+,80-44+. The second-order valence-corrected chi connectivity index (χ2v) is 28.0. The molecule has 0 radical (unpaired) electrons. The van der Waals surface area contributed by atoms with Gasteiger partial charge < -0.3 is 18.9 Å². The lowest BCUT2D eigenvalue weighted by molar-refractivity contribution is -0.123. The molecule has 5 aliphatic rings. The van der Waals surface area contributed by atoms with Crippen LogP contribution in [0.2, 0.25) is 0 Å². The second kappa shape index (κ2) is 29.2. The first-order chi connectivity index (χ1) is 43.7. The second-order valence-electron chi connectivity index (χ2n) is 28.0. The van der Waals surface area contributed by atoms with Gasteiger partial charge in [-0.3, -0.25) is 19.2 Å². The average molecular weight is 1240 g/mol. The zero-order chi connectivity index (χ0) is 65.8. The van der Waals surface area contributed by atoms with E-state index in [4.69, 9.17) is 18.9 Å². The summed E-state index contributed by atoms with van der Waals surface area (Å²) in [5, 5.41) is 17.1. The van der Waals surface area contributed by atoms with Gasteiger partial charge >= 0.3 is 0 Å². The van der Waals surface area contributed by atoms with Crippen LogP contribution in [0.1, 0.15) is 150 Å². The van der Waals surface area contributed by atoms with Gasteiger partial charge in [0.15, 0.2) is 26.4 Å². The SMILES string of the molecule is CC(C)(C)c1cc2c(OCC(=O)N/N=C\C3C=CC=C3)c(c1)Cc1cc(C(C)(C)C)cc(c1OCC(=O)N/N=C/C1C=CC=C1)Cc1cc(C(C)(C)C)cc(c1OCC(=O)N/N=C/C1C=CC=C1)Cc1cc(C(C)(C)C)cc(c1OCC(=O)N/N=C\C1C=CC=C1)C2. The number of carbonyl (C=O) groups excluding carboxylic acids is 4. The molecule has 92 heavy (non-hydrogen) atoms. The third-order valence-corrected chi connectivity index (χ3v) is 16.2. The summed E-state index contributed by atoms with van der Waals surface area (Å²) in [5.74, 6) is -0.210. The van der Waals surface area contributed by atoms with E-state index in [9.17, 15) is 19.2 Å². The largest absolute Gasteiger partial charge is 0.483 e. The molecule has 0 atom stereocenters. The predicted octanol–water partition coefficient (Wildman–Crippen LogP) is 12.4. The van der Waals surface area contributed by atoms with E-state index in [0.29, 0.717) is 23.0 Å². The molecule has 0 aromatic heterocycles. The number of amides is 4. The number of allylic oxidation sites excluding steroid dienone is 16.